The average molecular weight is 663 g/mol. The van der Waals surface area contributed by atoms with E-state index in [1.165, 1.54) is 55.3 Å². The van der Waals surface area contributed by atoms with Crippen LogP contribution in [0.5, 0.6) is 5.75 Å². The summed E-state index contributed by atoms with van der Waals surface area (Å²) in [4.78, 5) is 54.3. The van der Waals surface area contributed by atoms with Gasteiger partial charge in [-0.1, -0.05) is 11.6 Å². The summed E-state index contributed by atoms with van der Waals surface area (Å²) in [6, 6.07) is 7.07. The number of methoxy groups -OCH3 is 1. The molecule has 2 heterocycles. The third kappa shape index (κ3) is 8.47. The zero-order chi connectivity index (χ0) is 34.0. The summed E-state index contributed by atoms with van der Waals surface area (Å²) in [6.07, 6.45) is 2.11. The van der Waals surface area contributed by atoms with Gasteiger partial charge in [-0.15, -0.1) is 0 Å². The van der Waals surface area contributed by atoms with Crippen molar-refractivity contribution in [2.24, 2.45) is 12.8 Å². The first-order chi connectivity index (χ1) is 21.9. The van der Waals surface area contributed by atoms with Crippen LogP contribution in [0.15, 0.2) is 36.5 Å². The van der Waals surface area contributed by atoms with Crippen molar-refractivity contribution < 1.29 is 37.8 Å². The monoisotopic (exact) mass is 662 g/mol. The van der Waals surface area contributed by atoms with Gasteiger partial charge in [-0.05, 0) is 36.8 Å². The van der Waals surface area contributed by atoms with Crippen LogP contribution in [-0.2, 0) is 16.6 Å². The molecule has 246 valence electrons. The predicted molar refractivity (Wildman–Crippen MR) is 165 cm³/mol. The van der Waals surface area contributed by atoms with Crippen molar-refractivity contribution >= 4 is 47.4 Å². The molecule has 0 saturated carbocycles. The van der Waals surface area contributed by atoms with Crippen LogP contribution >= 0.6 is 11.6 Å². The number of carbonyl (C=O) groups excluding carboxylic acids is 3. The second kappa shape index (κ2) is 16.2. The maximum absolute atomic E-state index is 14.6. The van der Waals surface area contributed by atoms with Gasteiger partial charge >= 0.3 is 0 Å². The van der Waals surface area contributed by atoms with E-state index in [9.17, 15) is 23.2 Å². The van der Waals surface area contributed by atoms with Crippen molar-refractivity contribution in [3.05, 3.63) is 64.6 Å². The largest absolute Gasteiger partial charge is 0.494 e. The second-order valence-electron chi connectivity index (χ2n) is 9.84. The zero-order valence-electron chi connectivity index (χ0n) is 25.0. The molecule has 1 fully saturated rings. The molecule has 0 atom stereocenters. The Morgan fingerprint density at radius 2 is 1.78 bits per heavy atom. The van der Waals surface area contributed by atoms with Gasteiger partial charge in [0.1, 0.15) is 0 Å². The topological polar surface area (TPSA) is 196 Å². The summed E-state index contributed by atoms with van der Waals surface area (Å²) < 4.78 is 35.0. The Morgan fingerprint density at radius 3 is 2.39 bits per heavy atom. The Morgan fingerprint density at radius 1 is 1.13 bits per heavy atom. The second-order valence-corrected chi connectivity index (χ2v) is 10.2. The molecule has 0 aliphatic carbocycles. The van der Waals surface area contributed by atoms with E-state index in [-0.39, 0.29) is 57.7 Å². The van der Waals surface area contributed by atoms with Gasteiger partial charge < -0.3 is 40.6 Å². The molecule has 3 amide bonds. The van der Waals surface area contributed by atoms with Crippen LogP contribution in [0.2, 0.25) is 5.02 Å². The van der Waals surface area contributed by atoms with Crippen LogP contribution in [0, 0.1) is 17.0 Å². The molecule has 2 aromatic carbocycles. The highest BCUT2D eigenvalue weighted by atomic mass is 35.5. The fourth-order valence-corrected chi connectivity index (χ4v) is 4.92. The molecular weight excluding hydrogens is 630 g/mol. The number of piperazine rings is 1. The lowest BCUT2D eigenvalue weighted by Gasteiger charge is -2.35. The highest BCUT2D eigenvalue weighted by Gasteiger charge is 2.26. The van der Waals surface area contributed by atoms with Crippen molar-refractivity contribution in [1.82, 2.24) is 24.7 Å². The zero-order valence-corrected chi connectivity index (χ0v) is 25.7. The maximum Gasteiger partial charge on any atom is 0.291 e. The fraction of sp³-hybridized carbons (Fsp3) is 0.310. The third-order valence-electron chi connectivity index (χ3n) is 6.99. The molecular formula is C29H33ClF2N8O6. The third-order valence-corrected chi connectivity index (χ3v) is 7.31. The summed E-state index contributed by atoms with van der Waals surface area (Å²) in [7, 11) is 2.72. The fourth-order valence-electron chi connectivity index (χ4n) is 4.66. The Hall–Kier alpha value is -5.25. The van der Waals surface area contributed by atoms with E-state index < -0.39 is 17.5 Å². The molecule has 3 aromatic rings. The van der Waals surface area contributed by atoms with E-state index in [2.05, 4.69) is 15.6 Å². The van der Waals surface area contributed by atoms with Gasteiger partial charge in [0.05, 0.1) is 29.6 Å². The Bertz CT molecular complexity index is 1610. The minimum absolute atomic E-state index is 0.0308. The number of nitrogens with one attached hydrogen (secondary N) is 3. The van der Waals surface area contributed by atoms with Gasteiger partial charge in [-0.3, -0.25) is 24.6 Å². The predicted octanol–water partition coefficient (Wildman–Crippen LogP) is 2.53. The highest BCUT2D eigenvalue weighted by Crippen LogP contribution is 2.30. The van der Waals surface area contributed by atoms with Crippen LogP contribution in [0.1, 0.15) is 33.8 Å². The lowest BCUT2D eigenvalue weighted by molar-refractivity contribution is -0.132. The molecule has 14 nitrogen and oxygen atoms in total. The van der Waals surface area contributed by atoms with Crippen molar-refractivity contribution in [1.29, 1.82) is 5.41 Å². The molecule has 1 aliphatic heterocycles. The first kappa shape index (κ1) is 35.2. The number of anilines is 1. The first-order valence-electron chi connectivity index (χ1n) is 13.8. The quantitative estimate of drug-likeness (QED) is 0.0990. The Kier molecular flexibility index (Phi) is 12.4. The number of amides is 3. The minimum Gasteiger partial charge on any atom is -0.494 e. The number of hydrogen-bond donors (Lipinski definition) is 5. The summed E-state index contributed by atoms with van der Waals surface area (Å²) in [5.41, 5.74) is 5.86. The number of guanidine groups is 1. The number of nitrogens with zero attached hydrogens (tertiary/aromatic N) is 4. The van der Waals surface area contributed by atoms with Gasteiger partial charge in [-0.2, -0.15) is 4.39 Å². The molecule has 0 radical (unpaired) electrons. The van der Waals surface area contributed by atoms with E-state index in [1.807, 2.05) is 0 Å². The minimum atomic E-state index is -1.15. The molecule has 0 spiro atoms. The smallest absolute Gasteiger partial charge is 0.291 e. The van der Waals surface area contributed by atoms with Gasteiger partial charge in [-0.25, -0.2) is 9.37 Å². The van der Waals surface area contributed by atoms with Crippen LogP contribution < -0.4 is 21.1 Å². The number of rotatable bonds is 9. The number of carboxylic acid groups (broad SMARTS) is 1. The normalized spacial score (nSPS) is 12.5. The summed E-state index contributed by atoms with van der Waals surface area (Å²) in [6.45, 7) is 1.63. The standard InChI is InChI=1S/C28H31ClF2N8O4.CH2O2/c1-37-20(18-7-8-21(43-2)24(31)23(18)30)15-35-25(37)26(41)36-16-5-6-17(19(29)14-16)27(42)39-12-10-38(11-13-39)22(40)4-3-9-34-28(32)33;2-1-3/h5-8,14-15H,3-4,9-13H2,1-2H3,(H,36,41)(H4,32,33,34);1H,(H,2,3). The lowest BCUT2D eigenvalue weighted by Crippen LogP contribution is -2.50. The van der Waals surface area contributed by atoms with Gasteiger partial charge in [0, 0.05) is 57.4 Å². The van der Waals surface area contributed by atoms with E-state index in [0.717, 1.165) is 0 Å². The number of nitrogens with two attached hydrogens (primary N) is 1. The van der Waals surface area contributed by atoms with Crippen LogP contribution in [-0.4, -0.2) is 94.4 Å². The average Bonchev–Trinajstić information content (AvgIpc) is 3.41. The molecule has 6 N–H and O–H groups in total. The van der Waals surface area contributed by atoms with Crippen LogP contribution in [0.4, 0.5) is 14.5 Å². The van der Waals surface area contributed by atoms with Gasteiger partial charge in [0.25, 0.3) is 18.3 Å². The maximum atomic E-state index is 14.6. The number of ether oxygens (including phenoxy) is 1. The van der Waals surface area contributed by atoms with Crippen LogP contribution in [0.3, 0.4) is 0 Å². The molecule has 1 aliphatic rings. The first-order valence-corrected chi connectivity index (χ1v) is 14.2. The van der Waals surface area contributed by atoms with Crippen molar-refractivity contribution in [2.75, 3.05) is 45.2 Å². The number of hydrogen-bond acceptors (Lipinski definition) is 7. The number of aromatic nitrogens is 2. The summed E-state index contributed by atoms with van der Waals surface area (Å²) >= 11 is 6.42. The van der Waals surface area contributed by atoms with E-state index in [4.69, 9.17) is 37.4 Å². The Labute approximate surface area is 267 Å². The molecule has 1 saturated heterocycles. The van der Waals surface area contributed by atoms with Crippen molar-refractivity contribution in [2.45, 2.75) is 12.8 Å². The van der Waals surface area contributed by atoms with E-state index >= 15 is 0 Å². The van der Waals surface area contributed by atoms with Gasteiger partial charge in [0.2, 0.25) is 11.7 Å². The summed E-state index contributed by atoms with van der Waals surface area (Å²) in [5.74, 6) is -3.70. The molecule has 0 unspecified atom stereocenters. The Balaban J connectivity index is 0.00000185. The molecule has 1 aromatic heterocycles. The van der Waals surface area contributed by atoms with E-state index in [1.54, 1.807) is 9.80 Å². The van der Waals surface area contributed by atoms with Gasteiger partial charge in [0.15, 0.2) is 23.4 Å². The van der Waals surface area contributed by atoms with Crippen molar-refractivity contribution in [3.8, 4) is 17.0 Å². The summed E-state index contributed by atoms with van der Waals surface area (Å²) in [5, 5.41) is 19.5. The van der Waals surface area contributed by atoms with Crippen molar-refractivity contribution in [3.63, 3.8) is 0 Å². The van der Waals surface area contributed by atoms with Crippen LogP contribution in [0.25, 0.3) is 11.3 Å². The van der Waals surface area contributed by atoms with E-state index in [0.29, 0.717) is 51.3 Å². The number of halogens is 3. The number of imidazole rings is 1. The molecule has 17 heteroatoms. The molecule has 0 bridgehead atoms. The SMILES string of the molecule is COc1ccc(-c2cnc(C(=O)Nc3ccc(C(=O)N4CCN(C(=O)CCCNC(=N)N)CC4)c(Cl)c3)n2C)c(F)c1F.O=CO. The molecule has 46 heavy (non-hydrogen) atoms. The number of benzene rings is 2. The number of carbonyl (C=O) groups is 4. The highest BCUT2D eigenvalue weighted by molar-refractivity contribution is 6.34. The molecule has 4 rings (SSSR count). The lowest BCUT2D eigenvalue weighted by atomic mass is 10.1.